The summed E-state index contributed by atoms with van der Waals surface area (Å²) in [7, 11) is 1.56. The molecular formula is C21H25NO4. The molecule has 5 nitrogen and oxygen atoms in total. The number of methoxy groups -OCH3 is 1. The number of carbonyl (C=O) groups is 2. The number of Topliss-reactive ketones (excluding diaryl/α,β-unsaturated/α-hetero) is 1. The number of benzene rings is 1. The molecule has 26 heavy (non-hydrogen) atoms. The molecule has 1 atom stereocenters. The molecule has 0 bridgehead atoms. The second kappa shape index (κ2) is 7.87. The van der Waals surface area contributed by atoms with Crippen LogP contribution in [0.5, 0.6) is 0 Å². The highest BCUT2D eigenvalue weighted by Gasteiger charge is 2.38. The van der Waals surface area contributed by atoms with E-state index < -0.39 is 5.97 Å². The van der Waals surface area contributed by atoms with Gasteiger partial charge in [0.25, 0.3) is 0 Å². The Morgan fingerprint density at radius 2 is 1.88 bits per heavy atom. The van der Waals surface area contributed by atoms with Crippen LogP contribution in [-0.4, -0.2) is 32.1 Å². The molecule has 2 aliphatic rings. The van der Waals surface area contributed by atoms with Crippen molar-refractivity contribution in [1.29, 1.82) is 0 Å². The maximum absolute atomic E-state index is 12.8. The Morgan fingerprint density at radius 1 is 1.15 bits per heavy atom. The molecule has 5 heteroatoms. The Hall–Kier alpha value is -2.40. The van der Waals surface area contributed by atoms with E-state index in [0.717, 1.165) is 35.4 Å². The molecule has 1 heterocycles. The Bertz CT molecular complexity index is 774. The number of aryl methyl sites for hydroxylation is 1. The lowest BCUT2D eigenvalue weighted by Crippen LogP contribution is -2.34. The average molecular weight is 355 g/mol. The first-order valence-electron chi connectivity index (χ1n) is 8.99. The Balaban J connectivity index is 2.04. The first kappa shape index (κ1) is 18.4. The van der Waals surface area contributed by atoms with E-state index in [4.69, 9.17) is 9.47 Å². The molecule has 1 aliphatic carbocycles. The van der Waals surface area contributed by atoms with Crippen molar-refractivity contribution in [1.82, 2.24) is 5.32 Å². The molecule has 0 amide bonds. The standard InChI is InChI=1S/C21H25NO4/c1-13-7-9-15(10-8-13)19-18(21(24)26-12-11-25-3)14(2)22-16-5-4-6-17(23)20(16)19/h7-10,19,22H,4-6,11-12H2,1-3H3/t19-/m0/s1. The number of dihydropyridines is 1. The summed E-state index contributed by atoms with van der Waals surface area (Å²) < 4.78 is 10.3. The van der Waals surface area contributed by atoms with Gasteiger partial charge >= 0.3 is 5.97 Å². The van der Waals surface area contributed by atoms with Crippen molar-refractivity contribution in [2.75, 3.05) is 20.3 Å². The summed E-state index contributed by atoms with van der Waals surface area (Å²) in [5.74, 6) is -0.670. The summed E-state index contributed by atoms with van der Waals surface area (Å²) in [6, 6.07) is 8.00. The van der Waals surface area contributed by atoms with Crippen LogP contribution in [-0.2, 0) is 19.1 Å². The van der Waals surface area contributed by atoms with Crippen molar-refractivity contribution in [3.8, 4) is 0 Å². The van der Waals surface area contributed by atoms with Gasteiger partial charge in [0.05, 0.1) is 12.2 Å². The van der Waals surface area contributed by atoms with Crippen molar-refractivity contribution >= 4 is 11.8 Å². The summed E-state index contributed by atoms with van der Waals surface area (Å²) in [5, 5.41) is 3.29. The Morgan fingerprint density at radius 3 is 2.58 bits per heavy atom. The van der Waals surface area contributed by atoms with E-state index in [9.17, 15) is 9.59 Å². The molecular weight excluding hydrogens is 330 g/mol. The molecule has 1 aromatic carbocycles. The minimum absolute atomic E-state index is 0.110. The van der Waals surface area contributed by atoms with Crippen LogP contribution in [0, 0.1) is 6.92 Å². The van der Waals surface area contributed by atoms with E-state index in [1.165, 1.54) is 0 Å². The van der Waals surface area contributed by atoms with Crippen molar-refractivity contribution in [2.24, 2.45) is 0 Å². The SMILES string of the molecule is COCCOC(=O)C1=C(C)NC2=C(C(=O)CCC2)[C@H]1c1ccc(C)cc1. The van der Waals surface area contributed by atoms with Gasteiger partial charge < -0.3 is 14.8 Å². The lowest BCUT2D eigenvalue weighted by atomic mass is 9.75. The van der Waals surface area contributed by atoms with Crippen LogP contribution in [0.15, 0.2) is 46.8 Å². The van der Waals surface area contributed by atoms with E-state index in [0.29, 0.717) is 24.2 Å². The fraction of sp³-hybridized carbons (Fsp3) is 0.429. The first-order chi connectivity index (χ1) is 12.5. The molecule has 1 aromatic rings. The molecule has 0 saturated heterocycles. The normalized spacial score (nSPS) is 20.0. The van der Waals surface area contributed by atoms with Gasteiger partial charge in [-0.3, -0.25) is 4.79 Å². The van der Waals surface area contributed by atoms with Gasteiger partial charge in [-0.05, 0) is 32.3 Å². The second-order valence-electron chi connectivity index (χ2n) is 6.81. The summed E-state index contributed by atoms with van der Waals surface area (Å²) in [5.41, 5.74) is 5.00. The minimum atomic E-state index is -0.400. The van der Waals surface area contributed by atoms with E-state index >= 15 is 0 Å². The maximum atomic E-state index is 12.8. The summed E-state index contributed by atoms with van der Waals surface area (Å²) in [4.78, 5) is 25.5. The molecule has 1 aliphatic heterocycles. The molecule has 138 valence electrons. The maximum Gasteiger partial charge on any atom is 0.336 e. The molecule has 0 spiro atoms. The third kappa shape index (κ3) is 3.58. The number of ketones is 1. The predicted molar refractivity (Wildman–Crippen MR) is 98.5 cm³/mol. The van der Waals surface area contributed by atoms with Crippen molar-refractivity contribution in [2.45, 2.75) is 39.0 Å². The quantitative estimate of drug-likeness (QED) is 0.649. The van der Waals surface area contributed by atoms with E-state index in [2.05, 4.69) is 5.32 Å². The number of carbonyl (C=O) groups excluding carboxylic acids is 2. The van der Waals surface area contributed by atoms with Crippen LogP contribution < -0.4 is 5.32 Å². The third-order valence-corrected chi connectivity index (χ3v) is 4.93. The molecule has 0 radical (unpaired) electrons. The first-order valence-corrected chi connectivity index (χ1v) is 8.99. The highest BCUT2D eigenvalue weighted by molar-refractivity contribution is 6.03. The lowest BCUT2D eigenvalue weighted by molar-refractivity contribution is -0.140. The summed E-state index contributed by atoms with van der Waals surface area (Å²) >= 11 is 0. The van der Waals surface area contributed by atoms with Crippen molar-refractivity contribution in [3.63, 3.8) is 0 Å². The van der Waals surface area contributed by atoms with Crippen molar-refractivity contribution < 1.29 is 19.1 Å². The largest absolute Gasteiger partial charge is 0.460 e. The van der Waals surface area contributed by atoms with E-state index in [1.807, 2.05) is 38.1 Å². The lowest BCUT2D eigenvalue weighted by Gasteiger charge is -2.34. The summed E-state index contributed by atoms with van der Waals surface area (Å²) in [6.45, 7) is 4.42. The van der Waals surface area contributed by atoms with Gasteiger partial charge in [0.15, 0.2) is 5.78 Å². The van der Waals surface area contributed by atoms with Crippen LogP contribution in [0.4, 0.5) is 0 Å². The zero-order chi connectivity index (χ0) is 18.7. The van der Waals surface area contributed by atoms with Gasteiger partial charge in [-0.1, -0.05) is 29.8 Å². The van der Waals surface area contributed by atoms with Gasteiger partial charge in [0.2, 0.25) is 0 Å². The number of hydrogen-bond acceptors (Lipinski definition) is 5. The van der Waals surface area contributed by atoms with Gasteiger partial charge in [-0.2, -0.15) is 0 Å². The van der Waals surface area contributed by atoms with Crippen LogP contribution in [0.2, 0.25) is 0 Å². The molecule has 0 fully saturated rings. The van der Waals surface area contributed by atoms with Gasteiger partial charge in [-0.25, -0.2) is 4.79 Å². The molecule has 0 saturated carbocycles. The molecule has 1 N–H and O–H groups in total. The highest BCUT2D eigenvalue weighted by atomic mass is 16.6. The van der Waals surface area contributed by atoms with Gasteiger partial charge in [-0.15, -0.1) is 0 Å². The third-order valence-electron chi connectivity index (χ3n) is 4.93. The van der Waals surface area contributed by atoms with Crippen LogP contribution in [0.1, 0.15) is 43.2 Å². The van der Waals surface area contributed by atoms with E-state index in [-0.39, 0.29) is 18.3 Å². The molecule has 0 unspecified atom stereocenters. The number of hydrogen-bond donors (Lipinski definition) is 1. The van der Waals surface area contributed by atoms with Crippen molar-refractivity contribution in [3.05, 3.63) is 57.9 Å². The van der Waals surface area contributed by atoms with Crippen LogP contribution in [0.25, 0.3) is 0 Å². The second-order valence-corrected chi connectivity index (χ2v) is 6.81. The number of rotatable bonds is 5. The Kier molecular flexibility index (Phi) is 5.57. The fourth-order valence-electron chi connectivity index (χ4n) is 3.64. The number of nitrogens with one attached hydrogen (secondary N) is 1. The number of esters is 1. The number of allylic oxidation sites excluding steroid dienone is 3. The Labute approximate surface area is 154 Å². The van der Waals surface area contributed by atoms with Gasteiger partial charge in [0.1, 0.15) is 6.61 Å². The zero-order valence-corrected chi connectivity index (χ0v) is 15.6. The number of ether oxygens (including phenoxy) is 2. The highest BCUT2D eigenvalue weighted by Crippen LogP contribution is 2.42. The monoisotopic (exact) mass is 355 g/mol. The van der Waals surface area contributed by atoms with Gasteiger partial charge in [0, 0.05) is 36.4 Å². The topological polar surface area (TPSA) is 64.6 Å². The zero-order valence-electron chi connectivity index (χ0n) is 15.6. The molecule has 3 rings (SSSR count). The predicted octanol–water partition coefficient (Wildman–Crippen LogP) is 3.15. The minimum Gasteiger partial charge on any atom is -0.460 e. The molecule has 0 aromatic heterocycles. The van der Waals surface area contributed by atoms with Crippen LogP contribution in [0.3, 0.4) is 0 Å². The van der Waals surface area contributed by atoms with E-state index in [1.54, 1.807) is 7.11 Å². The fourth-order valence-corrected chi connectivity index (χ4v) is 3.64. The smallest absolute Gasteiger partial charge is 0.336 e. The summed E-state index contributed by atoms with van der Waals surface area (Å²) in [6.07, 6.45) is 2.19. The van der Waals surface area contributed by atoms with Crippen LogP contribution >= 0.6 is 0 Å². The average Bonchev–Trinajstić information content (AvgIpc) is 2.61.